The average molecular weight is 455 g/mol. The number of amides is 1. The molecular formula is C21H18F5N3O3. The lowest BCUT2D eigenvalue weighted by molar-refractivity contribution is -0.192. The Hall–Kier alpha value is -3.50. The number of fused-ring (bicyclic) bond motifs is 1. The number of likely N-dealkylation sites (tertiary alicyclic amines) is 1. The first-order valence-electron chi connectivity index (χ1n) is 9.47. The zero-order valence-corrected chi connectivity index (χ0v) is 16.5. The highest BCUT2D eigenvalue weighted by atomic mass is 19.4. The Morgan fingerprint density at radius 1 is 1.12 bits per heavy atom. The number of carboxylic acids is 1. The van der Waals surface area contributed by atoms with Gasteiger partial charge in [-0.3, -0.25) is 9.78 Å². The monoisotopic (exact) mass is 455 g/mol. The van der Waals surface area contributed by atoms with Crippen molar-refractivity contribution in [1.82, 2.24) is 14.5 Å². The maximum Gasteiger partial charge on any atom is 0.490 e. The molecule has 0 unspecified atom stereocenters. The molecule has 0 aliphatic carbocycles. The van der Waals surface area contributed by atoms with Crippen molar-refractivity contribution in [3.8, 4) is 11.1 Å². The summed E-state index contributed by atoms with van der Waals surface area (Å²) in [6.45, 7) is 0.806. The highest BCUT2D eigenvalue weighted by Crippen LogP contribution is 2.24. The van der Waals surface area contributed by atoms with Gasteiger partial charge in [-0.15, -0.1) is 0 Å². The predicted octanol–water partition coefficient (Wildman–Crippen LogP) is 4.05. The molecular weight excluding hydrogens is 437 g/mol. The molecule has 1 aliphatic heterocycles. The number of nitrogens with zero attached hydrogens (tertiary/aromatic N) is 3. The first-order chi connectivity index (χ1) is 15.0. The normalized spacial score (nSPS) is 16.0. The summed E-state index contributed by atoms with van der Waals surface area (Å²) in [6, 6.07) is 9.99. The van der Waals surface area contributed by atoms with Crippen LogP contribution >= 0.6 is 0 Å². The second-order valence-corrected chi connectivity index (χ2v) is 7.11. The van der Waals surface area contributed by atoms with Crippen molar-refractivity contribution in [2.75, 3.05) is 13.1 Å². The molecule has 3 heterocycles. The van der Waals surface area contributed by atoms with Gasteiger partial charge in [0.25, 0.3) is 0 Å². The summed E-state index contributed by atoms with van der Waals surface area (Å²) in [4.78, 5) is 27.2. The van der Waals surface area contributed by atoms with Crippen molar-refractivity contribution in [2.24, 2.45) is 0 Å². The zero-order chi connectivity index (χ0) is 23.5. The van der Waals surface area contributed by atoms with E-state index in [1.807, 2.05) is 22.9 Å². The van der Waals surface area contributed by atoms with Crippen LogP contribution < -0.4 is 0 Å². The van der Waals surface area contributed by atoms with Crippen LogP contribution in [0, 0.1) is 5.82 Å². The Morgan fingerprint density at radius 3 is 2.34 bits per heavy atom. The van der Waals surface area contributed by atoms with E-state index in [1.165, 1.54) is 12.1 Å². The third-order valence-corrected chi connectivity index (χ3v) is 4.83. The smallest absolute Gasteiger partial charge is 0.475 e. The standard InChI is InChI=1S/C19H17F2N3O.C2HF3O2/c20-15-3-1-13(2-4-15)14-9-18-17(22-10-14)6-8-23(18)12-19(25)24-7-5-16(21)11-24;3-2(4,5)1(6)7/h1-4,6,8-10,16H,5,7,11-12H2;(H,6,7)/t16-;/m0./s1. The molecule has 1 N–H and O–H groups in total. The van der Waals surface area contributed by atoms with Gasteiger partial charge in [0.2, 0.25) is 5.91 Å². The fourth-order valence-electron chi connectivity index (χ4n) is 3.19. The highest BCUT2D eigenvalue weighted by Gasteiger charge is 2.38. The minimum absolute atomic E-state index is 0.0927. The molecule has 0 saturated carbocycles. The summed E-state index contributed by atoms with van der Waals surface area (Å²) in [5, 5.41) is 7.12. The molecule has 3 aromatic rings. The number of alkyl halides is 4. The fraction of sp³-hybridized carbons (Fsp3) is 0.286. The number of pyridine rings is 1. The van der Waals surface area contributed by atoms with Crippen LogP contribution in [0.25, 0.3) is 22.2 Å². The predicted molar refractivity (Wildman–Crippen MR) is 105 cm³/mol. The number of carbonyl (C=O) groups excluding carboxylic acids is 1. The molecule has 4 rings (SSSR count). The molecule has 1 saturated heterocycles. The molecule has 32 heavy (non-hydrogen) atoms. The van der Waals surface area contributed by atoms with Gasteiger partial charge in [0, 0.05) is 24.5 Å². The summed E-state index contributed by atoms with van der Waals surface area (Å²) in [6.07, 6.45) is -2.05. The van der Waals surface area contributed by atoms with Crippen LogP contribution in [0.15, 0.2) is 48.8 Å². The SMILES string of the molecule is O=C(Cn1ccc2ncc(-c3ccc(F)cc3)cc21)N1CC[C@H](F)C1.O=C(O)C(F)(F)F. The number of hydrogen-bond acceptors (Lipinski definition) is 3. The molecule has 1 aliphatic rings. The van der Waals surface area contributed by atoms with E-state index >= 15 is 0 Å². The number of carbonyl (C=O) groups is 2. The summed E-state index contributed by atoms with van der Waals surface area (Å²) in [5.41, 5.74) is 3.31. The largest absolute Gasteiger partial charge is 0.490 e. The number of carboxylic acid groups (broad SMARTS) is 1. The van der Waals surface area contributed by atoms with E-state index in [2.05, 4.69) is 4.98 Å². The second kappa shape index (κ2) is 9.33. The molecule has 0 bridgehead atoms. The van der Waals surface area contributed by atoms with Crippen molar-refractivity contribution < 1.29 is 36.6 Å². The molecule has 1 fully saturated rings. The van der Waals surface area contributed by atoms with Crippen LogP contribution in [-0.2, 0) is 16.1 Å². The van der Waals surface area contributed by atoms with E-state index in [0.717, 1.165) is 22.2 Å². The van der Waals surface area contributed by atoms with Gasteiger partial charge >= 0.3 is 12.1 Å². The van der Waals surface area contributed by atoms with Gasteiger partial charge in [-0.2, -0.15) is 13.2 Å². The van der Waals surface area contributed by atoms with E-state index < -0.39 is 18.3 Å². The summed E-state index contributed by atoms with van der Waals surface area (Å²) < 4.78 is 60.0. The first-order valence-corrected chi connectivity index (χ1v) is 9.47. The molecule has 1 aromatic carbocycles. The topological polar surface area (TPSA) is 75.4 Å². The van der Waals surface area contributed by atoms with Crippen LogP contribution in [0.5, 0.6) is 0 Å². The van der Waals surface area contributed by atoms with Crippen LogP contribution in [0.4, 0.5) is 22.0 Å². The lowest BCUT2D eigenvalue weighted by atomic mass is 10.1. The van der Waals surface area contributed by atoms with Crippen molar-refractivity contribution in [1.29, 1.82) is 0 Å². The number of aromatic nitrogens is 2. The fourth-order valence-corrected chi connectivity index (χ4v) is 3.19. The molecule has 0 spiro atoms. The van der Waals surface area contributed by atoms with Crippen LogP contribution in [-0.4, -0.2) is 56.9 Å². The molecule has 11 heteroatoms. The molecule has 6 nitrogen and oxygen atoms in total. The van der Waals surface area contributed by atoms with Gasteiger partial charge in [-0.25, -0.2) is 13.6 Å². The first kappa shape index (κ1) is 23.2. The van der Waals surface area contributed by atoms with Crippen molar-refractivity contribution >= 4 is 22.9 Å². The highest BCUT2D eigenvalue weighted by molar-refractivity contribution is 5.84. The third kappa shape index (κ3) is 5.59. The van der Waals surface area contributed by atoms with E-state index in [0.29, 0.717) is 13.0 Å². The maximum atomic E-state index is 13.3. The minimum atomic E-state index is -5.08. The quantitative estimate of drug-likeness (QED) is 0.605. The van der Waals surface area contributed by atoms with Gasteiger partial charge in [0.05, 0.1) is 17.6 Å². The summed E-state index contributed by atoms with van der Waals surface area (Å²) in [7, 11) is 0. The minimum Gasteiger partial charge on any atom is -0.475 e. The average Bonchev–Trinajstić information content (AvgIpc) is 3.34. The van der Waals surface area contributed by atoms with Crippen LogP contribution in [0.2, 0.25) is 0 Å². The van der Waals surface area contributed by atoms with Crippen molar-refractivity contribution in [3.05, 3.63) is 54.6 Å². The number of aliphatic carboxylic acids is 1. The number of rotatable bonds is 3. The van der Waals surface area contributed by atoms with Gasteiger partial charge in [0.15, 0.2) is 0 Å². The van der Waals surface area contributed by atoms with Gasteiger partial charge < -0.3 is 14.6 Å². The zero-order valence-electron chi connectivity index (χ0n) is 16.5. The maximum absolute atomic E-state index is 13.3. The Bertz CT molecular complexity index is 1110. The van der Waals surface area contributed by atoms with E-state index in [-0.39, 0.29) is 24.8 Å². The number of hydrogen-bond donors (Lipinski definition) is 1. The summed E-state index contributed by atoms with van der Waals surface area (Å²) in [5.74, 6) is -3.14. The molecule has 0 radical (unpaired) electrons. The number of benzene rings is 1. The number of halogens is 5. The lowest BCUT2D eigenvalue weighted by Crippen LogP contribution is -2.31. The molecule has 2 aromatic heterocycles. The Morgan fingerprint density at radius 2 is 1.78 bits per heavy atom. The van der Waals surface area contributed by atoms with Crippen LogP contribution in [0.3, 0.4) is 0 Å². The lowest BCUT2D eigenvalue weighted by Gasteiger charge is -2.16. The van der Waals surface area contributed by atoms with Gasteiger partial charge in [0.1, 0.15) is 18.5 Å². The van der Waals surface area contributed by atoms with Gasteiger partial charge in [-0.05, 0) is 36.2 Å². The van der Waals surface area contributed by atoms with E-state index in [4.69, 9.17) is 9.90 Å². The molecule has 1 amide bonds. The van der Waals surface area contributed by atoms with Crippen molar-refractivity contribution in [3.63, 3.8) is 0 Å². The van der Waals surface area contributed by atoms with E-state index in [1.54, 1.807) is 23.2 Å². The Balaban J connectivity index is 0.000000360. The van der Waals surface area contributed by atoms with E-state index in [9.17, 15) is 26.7 Å². The molecule has 170 valence electrons. The van der Waals surface area contributed by atoms with Crippen molar-refractivity contribution in [2.45, 2.75) is 25.3 Å². The summed E-state index contributed by atoms with van der Waals surface area (Å²) >= 11 is 0. The Kier molecular flexibility index (Phi) is 6.75. The second-order valence-electron chi connectivity index (χ2n) is 7.11. The van der Waals surface area contributed by atoms with Gasteiger partial charge in [-0.1, -0.05) is 12.1 Å². The molecule has 1 atom stereocenters. The third-order valence-electron chi connectivity index (χ3n) is 4.83. The Labute approximate surface area is 178 Å². The van der Waals surface area contributed by atoms with Crippen LogP contribution in [0.1, 0.15) is 6.42 Å².